The van der Waals surface area contributed by atoms with Crippen molar-refractivity contribution < 1.29 is 4.79 Å². The molecule has 3 nitrogen and oxygen atoms in total. The fourth-order valence-electron chi connectivity index (χ4n) is 1.94. The average Bonchev–Trinajstić information content (AvgIpc) is 2.90. The number of hydrogen-bond acceptors (Lipinski definition) is 3. The lowest BCUT2D eigenvalue weighted by Crippen LogP contribution is -1.92. The van der Waals surface area contributed by atoms with Crippen LogP contribution in [0.5, 0.6) is 0 Å². The van der Waals surface area contributed by atoms with Crippen molar-refractivity contribution in [2.75, 3.05) is 0 Å². The van der Waals surface area contributed by atoms with Crippen LogP contribution in [0.1, 0.15) is 59.6 Å². The number of hydrogen-bond donors (Lipinski definition) is 0. The monoisotopic (exact) mass is 234 g/mol. The molecule has 3 rings (SSSR count). The number of rotatable bonds is 3. The van der Waals surface area contributed by atoms with Crippen LogP contribution in [-0.2, 0) is 0 Å². The Bertz CT molecular complexity index is 549. The Labute approximate surface area is 98.1 Å². The Morgan fingerprint density at radius 2 is 2.31 bits per heavy atom. The molecule has 0 unspecified atom stereocenters. The van der Waals surface area contributed by atoms with Gasteiger partial charge in [-0.2, -0.15) is 0 Å². The quantitative estimate of drug-likeness (QED) is 0.764. The molecule has 1 fully saturated rings. The highest BCUT2D eigenvalue weighted by Gasteiger charge is 2.30. The summed E-state index contributed by atoms with van der Waals surface area (Å²) in [6.07, 6.45) is 5.38. The summed E-state index contributed by atoms with van der Waals surface area (Å²) < 4.78 is 1.96. The van der Waals surface area contributed by atoms with Gasteiger partial charge in [0.1, 0.15) is 5.69 Å². The molecule has 1 aliphatic carbocycles. The minimum atomic E-state index is 0.496. The average molecular weight is 234 g/mol. The van der Waals surface area contributed by atoms with Crippen LogP contribution in [0.3, 0.4) is 0 Å². The van der Waals surface area contributed by atoms with Crippen molar-refractivity contribution >= 4 is 22.6 Å². The molecular formula is C12H14N2OS. The summed E-state index contributed by atoms with van der Waals surface area (Å²) in [5.74, 6) is 1.03. The number of carbonyl (C=O) groups excluding carboxylic acids is 1. The van der Waals surface area contributed by atoms with Gasteiger partial charge < -0.3 is 0 Å². The van der Waals surface area contributed by atoms with E-state index < -0.39 is 0 Å². The molecule has 0 amide bonds. The number of fused-ring (bicyclic) bond motifs is 1. The van der Waals surface area contributed by atoms with E-state index in [0.717, 1.165) is 22.6 Å². The van der Waals surface area contributed by atoms with Gasteiger partial charge in [0.15, 0.2) is 11.2 Å². The zero-order valence-electron chi connectivity index (χ0n) is 9.43. The molecule has 0 spiro atoms. The third-order valence-electron chi connectivity index (χ3n) is 3.05. The van der Waals surface area contributed by atoms with Crippen molar-refractivity contribution in [2.24, 2.45) is 0 Å². The van der Waals surface area contributed by atoms with Crippen molar-refractivity contribution in [3.05, 3.63) is 22.5 Å². The normalized spacial score (nSPS) is 16.2. The molecule has 2 heterocycles. The smallest absolute Gasteiger partial charge is 0.194 e. The molecular weight excluding hydrogens is 220 g/mol. The number of carbonyl (C=O) groups is 1. The maximum atomic E-state index is 11.2. The van der Waals surface area contributed by atoms with Crippen molar-refractivity contribution in [1.82, 2.24) is 9.38 Å². The Morgan fingerprint density at radius 3 is 2.88 bits per heavy atom. The van der Waals surface area contributed by atoms with Gasteiger partial charge in [0.05, 0.1) is 5.69 Å². The second kappa shape index (κ2) is 3.42. The first-order chi connectivity index (χ1) is 7.70. The van der Waals surface area contributed by atoms with Crippen molar-refractivity contribution in [2.45, 2.75) is 38.5 Å². The van der Waals surface area contributed by atoms with E-state index in [4.69, 9.17) is 0 Å². The highest BCUT2D eigenvalue weighted by molar-refractivity contribution is 7.17. The van der Waals surface area contributed by atoms with Crippen LogP contribution < -0.4 is 0 Å². The Balaban J connectivity index is 2.18. The zero-order chi connectivity index (χ0) is 11.3. The Morgan fingerprint density at radius 1 is 1.56 bits per heavy atom. The second-order valence-electron chi connectivity index (χ2n) is 4.72. The summed E-state index contributed by atoms with van der Waals surface area (Å²) in [4.78, 5) is 18.0. The molecule has 0 N–H and O–H groups in total. The third kappa shape index (κ3) is 1.40. The van der Waals surface area contributed by atoms with Crippen LogP contribution in [0, 0.1) is 0 Å². The van der Waals surface area contributed by atoms with Crippen LogP contribution >= 0.6 is 11.3 Å². The van der Waals surface area contributed by atoms with Crippen LogP contribution in [0.2, 0.25) is 0 Å². The van der Waals surface area contributed by atoms with E-state index in [-0.39, 0.29) is 0 Å². The fourth-order valence-corrected chi connectivity index (χ4v) is 2.94. The predicted octanol–water partition coefficient (Wildman–Crippen LogP) is 3.21. The summed E-state index contributed by atoms with van der Waals surface area (Å²) in [6.45, 7) is 4.32. The minimum Gasteiger partial charge on any atom is -0.296 e. The molecule has 2 aromatic heterocycles. The van der Waals surface area contributed by atoms with Crippen molar-refractivity contribution in [3.8, 4) is 0 Å². The topological polar surface area (TPSA) is 34.4 Å². The standard InChI is InChI=1S/C12H14N2OS/c1-7(2)10-5-14-9(6-15)11(8-3-4-8)13-12(14)16-10/h5-8H,3-4H2,1-2H3. The molecule has 16 heavy (non-hydrogen) atoms. The molecule has 84 valence electrons. The van der Waals surface area contributed by atoms with Crippen molar-refractivity contribution in [3.63, 3.8) is 0 Å². The first kappa shape index (κ1) is 10.0. The van der Waals surface area contributed by atoms with Crippen LogP contribution in [-0.4, -0.2) is 15.7 Å². The lowest BCUT2D eigenvalue weighted by Gasteiger charge is -1.97. The molecule has 0 aromatic carbocycles. The van der Waals surface area contributed by atoms with Crippen LogP contribution in [0.25, 0.3) is 4.96 Å². The summed E-state index contributed by atoms with van der Waals surface area (Å²) in [6, 6.07) is 0. The van der Waals surface area contributed by atoms with Gasteiger partial charge in [-0.1, -0.05) is 13.8 Å². The van der Waals surface area contributed by atoms with Gasteiger partial charge >= 0.3 is 0 Å². The van der Waals surface area contributed by atoms with Gasteiger partial charge in [-0.15, -0.1) is 11.3 Å². The largest absolute Gasteiger partial charge is 0.296 e. The highest BCUT2D eigenvalue weighted by atomic mass is 32.1. The third-order valence-corrected chi connectivity index (χ3v) is 4.34. The van der Waals surface area contributed by atoms with E-state index in [2.05, 4.69) is 25.0 Å². The maximum absolute atomic E-state index is 11.2. The molecule has 0 saturated heterocycles. The first-order valence-corrected chi connectivity index (χ1v) is 6.49. The van der Waals surface area contributed by atoms with Gasteiger partial charge in [0, 0.05) is 17.0 Å². The lowest BCUT2D eigenvalue weighted by molar-refractivity contribution is 0.111. The number of nitrogens with zero attached hydrogens (tertiary/aromatic N) is 2. The van der Waals surface area contributed by atoms with Crippen LogP contribution in [0.15, 0.2) is 6.20 Å². The molecule has 0 atom stereocenters. The Kier molecular flexibility index (Phi) is 2.14. The van der Waals surface area contributed by atoms with E-state index in [1.807, 2.05) is 4.40 Å². The molecule has 0 radical (unpaired) electrons. The van der Waals surface area contributed by atoms with Gasteiger partial charge in [-0.3, -0.25) is 9.20 Å². The summed E-state index contributed by atoms with van der Waals surface area (Å²) in [5, 5.41) is 0. The second-order valence-corrected chi connectivity index (χ2v) is 5.76. The van der Waals surface area contributed by atoms with Crippen molar-refractivity contribution in [1.29, 1.82) is 0 Å². The summed E-state index contributed by atoms with van der Waals surface area (Å²) >= 11 is 1.69. The van der Waals surface area contributed by atoms with E-state index in [1.165, 1.54) is 17.7 Å². The highest BCUT2D eigenvalue weighted by Crippen LogP contribution is 2.41. The SMILES string of the molecule is CC(C)c1cn2c(C=O)c(C3CC3)nc2s1. The molecule has 0 aliphatic heterocycles. The molecule has 1 saturated carbocycles. The fraction of sp³-hybridized carbons (Fsp3) is 0.500. The molecule has 0 bridgehead atoms. The number of aldehydes is 1. The molecule has 2 aromatic rings. The summed E-state index contributed by atoms with van der Waals surface area (Å²) in [5.41, 5.74) is 1.78. The summed E-state index contributed by atoms with van der Waals surface area (Å²) in [7, 11) is 0. The van der Waals surface area contributed by atoms with Gasteiger partial charge in [0.25, 0.3) is 0 Å². The Hall–Kier alpha value is -1.16. The first-order valence-electron chi connectivity index (χ1n) is 5.67. The van der Waals surface area contributed by atoms with E-state index >= 15 is 0 Å². The molecule has 1 aliphatic rings. The van der Waals surface area contributed by atoms with E-state index in [1.54, 1.807) is 11.3 Å². The zero-order valence-corrected chi connectivity index (χ0v) is 10.3. The maximum Gasteiger partial charge on any atom is 0.194 e. The lowest BCUT2D eigenvalue weighted by atomic mass is 10.2. The van der Waals surface area contributed by atoms with Crippen LogP contribution in [0.4, 0.5) is 0 Å². The number of imidazole rings is 1. The van der Waals surface area contributed by atoms with E-state index in [0.29, 0.717) is 11.8 Å². The number of aromatic nitrogens is 2. The van der Waals surface area contributed by atoms with Gasteiger partial charge in [-0.25, -0.2) is 4.98 Å². The number of thiazole rings is 1. The van der Waals surface area contributed by atoms with E-state index in [9.17, 15) is 4.79 Å². The van der Waals surface area contributed by atoms with Gasteiger partial charge in [-0.05, 0) is 18.8 Å². The predicted molar refractivity (Wildman–Crippen MR) is 64.5 cm³/mol. The van der Waals surface area contributed by atoms with Gasteiger partial charge in [0.2, 0.25) is 0 Å². The minimum absolute atomic E-state index is 0.496. The molecule has 4 heteroatoms.